The average molecular weight is 164 g/mol. The normalized spacial score (nSPS) is 9.09. The lowest BCUT2D eigenvalue weighted by atomic mass is 10.2. The van der Waals surface area contributed by atoms with Crippen molar-refractivity contribution in [2.45, 2.75) is 6.42 Å². The van der Waals surface area contributed by atoms with Gasteiger partial charge in [0.15, 0.2) is 0 Å². The van der Waals surface area contributed by atoms with Crippen LogP contribution in [0.5, 0.6) is 0 Å². The van der Waals surface area contributed by atoms with Gasteiger partial charge in [0.2, 0.25) is 0 Å². The summed E-state index contributed by atoms with van der Waals surface area (Å²) in [6.45, 7) is 0.869. The minimum atomic E-state index is 0.869. The summed E-state index contributed by atoms with van der Waals surface area (Å²) in [4.78, 5) is 0. The van der Waals surface area contributed by atoms with Crippen LogP contribution in [0.15, 0.2) is 30.3 Å². The largest absolute Gasteiger partial charge is 0.374 e. The molecule has 1 radical (unpaired) electrons. The van der Waals surface area contributed by atoms with E-state index in [2.05, 4.69) is 35.2 Å². The summed E-state index contributed by atoms with van der Waals surface area (Å²) in [6.07, 6.45) is 1.00. The first kappa shape index (κ1) is 8.21. The van der Waals surface area contributed by atoms with Crippen LogP contribution in [-0.4, -0.2) is 12.0 Å². The maximum absolute atomic E-state index is 4.51. The van der Waals surface area contributed by atoms with Gasteiger partial charge >= 0.3 is 0 Å². The topological polar surface area (TPSA) is 12.0 Å². The first-order valence-corrected chi connectivity index (χ1v) is 3.98. The zero-order chi connectivity index (χ0) is 7.94. The molecule has 0 saturated carbocycles. The van der Waals surface area contributed by atoms with Gasteiger partial charge < -0.3 is 5.32 Å². The number of hydrogen-bond acceptors (Lipinski definition) is 1. The Bertz CT molecular complexity index is 208. The molecule has 11 heavy (non-hydrogen) atoms. The third-order valence-corrected chi connectivity index (χ3v) is 1.60. The third-order valence-electron chi connectivity index (χ3n) is 1.45. The lowest BCUT2D eigenvalue weighted by molar-refractivity contribution is 0.886. The van der Waals surface area contributed by atoms with Crippen LogP contribution in [0.2, 0.25) is 0 Å². The van der Waals surface area contributed by atoms with Crippen molar-refractivity contribution >= 4 is 17.7 Å². The van der Waals surface area contributed by atoms with Gasteiger partial charge in [0.25, 0.3) is 0 Å². The maximum atomic E-state index is 4.51. The van der Waals surface area contributed by atoms with Gasteiger partial charge in [-0.2, -0.15) is 0 Å². The molecule has 0 bridgehead atoms. The molecule has 0 fully saturated rings. The maximum Gasteiger partial charge on any atom is 0.134 e. The number of hydrogen-bond donors (Lipinski definition) is 1. The molecule has 1 rings (SSSR count). The molecule has 0 heterocycles. The Morgan fingerprint density at radius 2 is 2.00 bits per heavy atom. The second-order valence-corrected chi connectivity index (χ2v) is 2.47. The van der Waals surface area contributed by atoms with E-state index >= 15 is 0 Å². The molecule has 0 aliphatic rings. The summed E-state index contributed by atoms with van der Waals surface area (Å²) in [5.74, 6) is 0. The van der Waals surface area contributed by atoms with Gasteiger partial charge in [-0.3, -0.25) is 0 Å². The van der Waals surface area contributed by atoms with Gasteiger partial charge in [-0.25, -0.2) is 0 Å². The molecule has 0 aliphatic heterocycles. The van der Waals surface area contributed by atoms with Crippen molar-refractivity contribution in [3.8, 4) is 0 Å². The van der Waals surface area contributed by atoms with Crippen molar-refractivity contribution in [2.75, 3.05) is 6.54 Å². The van der Waals surface area contributed by atoms with E-state index in [0.29, 0.717) is 0 Å². The fraction of sp³-hybridized carbons (Fsp3) is 0.222. The Kier molecular flexibility index (Phi) is 3.62. The fourth-order valence-electron chi connectivity index (χ4n) is 0.903. The molecule has 1 aromatic carbocycles. The Balaban J connectivity index is 2.33. The lowest BCUT2D eigenvalue weighted by Crippen LogP contribution is -2.13. The summed E-state index contributed by atoms with van der Waals surface area (Å²) in [5, 5.41) is 2.86. The second kappa shape index (κ2) is 4.85. The number of rotatable bonds is 4. The Morgan fingerprint density at radius 3 is 2.64 bits per heavy atom. The van der Waals surface area contributed by atoms with Gasteiger partial charge in [0.1, 0.15) is 5.49 Å². The molecule has 0 aliphatic carbocycles. The predicted molar refractivity (Wildman–Crippen MR) is 50.7 cm³/mol. The van der Waals surface area contributed by atoms with E-state index in [1.807, 2.05) is 18.2 Å². The van der Waals surface area contributed by atoms with Gasteiger partial charge in [0, 0.05) is 6.54 Å². The predicted octanol–water partition coefficient (Wildman–Crippen LogP) is 1.65. The van der Waals surface area contributed by atoms with Crippen molar-refractivity contribution in [3.63, 3.8) is 0 Å². The van der Waals surface area contributed by atoms with Crippen LogP contribution in [0.1, 0.15) is 5.56 Å². The third kappa shape index (κ3) is 3.14. The smallest absolute Gasteiger partial charge is 0.134 e. The molecular weight excluding hydrogens is 154 g/mol. The van der Waals surface area contributed by atoms with Crippen molar-refractivity contribution in [1.29, 1.82) is 0 Å². The van der Waals surface area contributed by atoms with Crippen molar-refractivity contribution in [1.82, 2.24) is 5.32 Å². The van der Waals surface area contributed by atoms with Gasteiger partial charge in [0.05, 0.1) is 0 Å². The Morgan fingerprint density at radius 1 is 1.27 bits per heavy atom. The highest BCUT2D eigenvalue weighted by molar-refractivity contribution is 7.78. The van der Waals surface area contributed by atoms with E-state index in [4.69, 9.17) is 0 Å². The monoisotopic (exact) mass is 164 g/mol. The van der Waals surface area contributed by atoms with Gasteiger partial charge in [-0.1, -0.05) is 42.5 Å². The van der Waals surface area contributed by atoms with E-state index in [0.717, 1.165) is 13.0 Å². The molecule has 57 valence electrons. The van der Waals surface area contributed by atoms with Crippen molar-refractivity contribution in [3.05, 3.63) is 35.9 Å². The van der Waals surface area contributed by atoms with Crippen LogP contribution < -0.4 is 5.32 Å². The van der Waals surface area contributed by atoms with Crippen molar-refractivity contribution < 1.29 is 0 Å². The summed E-state index contributed by atoms with van der Waals surface area (Å²) in [5.41, 5.74) is 3.80. The fourth-order valence-corrected chi connectivity index (χ4v) is 1.00. The molecule has 1 N–H and O–H groups in total. The average Bonchev–Trinajstić information content (AvgIpc) is 2.07. The number of benzene rings is 1. The summed E-state index contributed by atoms with van der Waals surface area (Å²) in [7, 11) is 0. The molecule has 0 aromatic heterocycles. The molecule has 2 heteroatoms. The van der Waals surface area contributed by atoms with Crippen LogP contribution in [0.25, 0.3) is 0 Å². The minimum absolute atomic E-state index is 0.869. The highest BCUT2D eigenvalue weighted by atomic mass is 32.1. The number of thiocarbonyl (C=S) groups is 1. The van der Waals surface area contributed by atoms with Crippen molar-refractivity contribution in [2.24, 2.45) is 0 Å². The second-order valence-electron chi connectivity index (χ2n) is 2.26. The summed E-state index contributed by atoms with van der Waals surface area (Å²) >= 11 is 4.51. The molecule has 1 aromatic rings. The molecule has 1 nitrogen and oxygen atoms in total. The Labute approximate surface area is 72.4 Å². The molecule has 0 atom stereocenters. The zero-order valence-electron chi connectivity index (χ0n) is 6.21. The molecule has 0 unspecified atom stereocenters. The van der Waals surface area contributed by atoms with Crippen LogP contribution in [0.4, 0.5) is 0 Å². The molecule has 0 amide bonds. The molecule has 0 saturated heterocycles. The highest BCUT2D eigenvalue weighted by Gasteiger charge is 1.87. The van der Waals surface area contributed by atoms with E-state index in [1.165, 1.54) is 5.56 Å². The first-order chi connectivity index (χ1) is 5.43. The van der Waals surface area contributed by atoms with Crippen LogP contribution >= 0.6 is 12.2 Å². The van der Waals surface area contributed by atoms with E-state index in [1.54, 1.807) is 0 Å². The van der Waals surface area contributed by atoms with Gasteiger partial charge in [-0.15, -0.1) is 0 Å². The molecular formula is C9H10NS. The lowest BCUT2D eigenvalue weighted by Gasteiger charge is -1.98. The highest BCUT2D eigenvalue weighted by Crippen LogP contribution is 1.97. The quantitative estimate of drug-likeness (QED) is 0.412. The SMILES string of the molecule is S=[C]NCCc1ccccc1. The zero-order valence-corrected chi connectivity index (χ0v) is 7.03. The van der Waals surface area contributed by atoms with E-state index in [-0.39, 0.29) is 0 Å². The van der Waals surface area contributed by atoms with Crippen LogP contribution in [0.3, 0.4) is 0 Å². The molecule has 0 spiro atoms. The number of nitrogens with one attached hydrogen (secondary N) is 1. The summed E-state index contributed by atoms with van der Waals surface area (Å²) < 4.78 is 0. The van der Waals surface area contributed by atoms with E-state index < -0.39 is 0 Å². The Hall–Kier alpha value is -0.890. The summed E-state index contributed by atoms with van der Waals surface area (Å²) in [6, 6.07) is 10.3. The van der Waals surface area contributed by atoms with E-state index in [9.17, 15) is 0 Å². The van der Waals surface area contributed by atoms with Crippen LogP contribution in [0, 0.1) is 0 Å². The first-order valence-electron chi connectivity index (χ1n) is 3.57. The van der Waals surface area contributed by atoms with Crippen LogP contribution in [-0.2, 0) is 6.42 Å². The standard InChI is InChI=1S/C9H10NS/c11-8-10-7-6-9-4-2-1-3-5-9/h1-5H,6-7H2,(H,10,11). The minimum Gasteiger partial charge on any atom is -0.374 e. The van der Waals surface area contributed by atoms with Gasteiger partial charge in [-0.05, 0) is 12.0 Å².